The summed E-state index contributed by atoms with van der Waals surface area (Å²) in [5, 5.41) is 1.54. The number of nitrogens with zero attached hydrogens (tertiary/aromatic N) is 1. The fraction of sp³-hybridized carbons (Fsp3) is 0.500. The number of rotatable bonds is 2. The molecule has 1 aromatic carbocycles. The summed E-state index contributed by atoms with van der Waals surface area (Å²) in [6.07, 6.45) is 0. The van der Waals surface area contributed by atoms with Gasteiger partial charge in [-0.15, -0.1) is 0 Å². The molecule has 1 rings (SSSR count). The van der Waals surface area contributed by atoms with E-state index >= 15 is 0 Å². The van der Waals surface area contributed by atoms with Crippen LogP contribution in [-0.4, -0.2) is 29.2 Å². The van der Waals surface area contributed by atoms with Gasteiger partial charge in [0.2, 0.25) is 0 Å². The molecular formula is C12H22NSi+. The molecule has 0 aliphatic heterocycles. The van der Waals surface area contributed by atoms with E-state index in [2.05, 4.69) is 65.0 Å². The Balaban J connectivity index is 3.02. The standard InChI is InChI=1S/C12H22NSi/c1-13(2,3)11-7-9-12(10-8-11)14(4,5)6/h7-10H,1-6H3/q+1. The number of quaternary nitrogens is 1. The topological polar surface area (TPSA) is 0 Å². The van der Waals surface area contributed by atoms with Crippen LogP contribution in [0.1, 0.15) is 0 Å². The van der Waals surface area contributed by atoms with E-state index < -0.39 is 8.07 Å². The minimum atomic E-state index is -1.12. The Morgan fingerprint density at radius 1 is 0.857 bits per heavy atom. The quantitative estimate of drug-likeness (QED) is 0.517. The highest BCUT2D eigenvalue weighted by molar-refractivity contribution is 6.88. The third-order valence-corrected chi connectivity index (χ3v) is 4.57. The first kappa shape index (κ1) is 11.5. The zero-order valence-electron chi connectivity index (χ0n) is 10.3. The van der Waals surface area contributed by atoms with Crippen LogP contribution in [0.4, 0.5) is 5.69 Å². The second-order valence-electron chi connectivity index (χ2n) is 5.81. The summed E-state index contributed by atoms with van der Waals surface area (Å²) in [6.45, 7) is 7.15. The Bertz CT molecular complexity index is 268. The minimum absolute atomic E-state index is 0.895. The van der Waals surface area contributed by atoms with Crippen molar-refractivity contribution in [1.82, 2.24) is 4.48 Å². The molecule has 0 fully saturated rings. The van der Waals surface area contributed by atoms with Crippen molar-refractivity contribution in [1.29, 1.82) is 0 Å². The zero-order valence-corrected chi connectivity index (χ0v) is 11.3. The molecule has 1 nitrogen and oxygen atoms in total. The van der Waals surface area contributed by atoms with Crippen molar-refractivity contribution in [3.05, 3.63) is 24.3 Å². The van der Waals surface area contributed by atoms with Crippen LogP contribution in [0.15, 0.2) is 24.3 Å². The van der Waals surface area contributed by atoms with Gasteiger partial charge in [-0.05, 0) is 12.1 Å². The Hall–Kier alpha value is -0.603. The van der Waals surface area contributed by atoms with E-state index in [0.29, 0.717) is 0 Å². The summed E-state index contributed by atoms with van der Waals surface area (Å²) >= 11 is 0. The molecule has 0 saturated heterocycles. The summed E-state index contributed by atoms with van der Waals surface area (Å²) in [4.78, 5) is 0. The van der Waals surface area contributed by atoms with Crippen LogP contribution < -0.4 is 9.67 Å². The van der Waals surface area contributed by atoms with E-state index in [0.717, 1.165) is 4.48 Å². The first-order valence-electron chi connectivity index (χ1n) is 5.14. The Morgan fingerprint density at radius 2 is 1.29 bits per heavy atom. The molecule has 0 heterocycles. The lowest BCUT2D eigenvalue weighted by molar-refractivity contribution is 0.486. The molecule has 1 aromatic rings. The fourth-order valence-electron chi connectivity index (χ4n) is 1.41. The average molecular weight is 208 g/mol. The molecule has 0 spiro atoms. The van der Waals surface area contributed by atoms with Gasteiger partial charge in [0.25, 0.3) is 0 Å². The molecule has 0 N–H and O–H groups in total. The molecule has 0 saturated carbocycles. The van der Waals surface area contributed by atoms with Crippen molar-refractivity contribution in [3.8, 4) is 0 Å². The molecular weight excluding hydrogens is 186 g/mol. The average Bonchev–Trinajstić information content (AvgIpc) is 2.01. The predicted molar refractivity (Wildman–Crippen MR) is 69.0 cm³/mol. The lowest BCUT2D eigenvalue weighted by Gasteiger charge is -2.24. The van der Waals surface area contributed by atoms with Gasteiger partial charge in [0.05, 0.1) is 29.2 Å². The van der Waals surface area contributed by atoms with Gasteiger partial charge in [0, 0.05) is 0 Å². The van der Waals surface area contributed by atoms with Gasteiger partial charge >= 0.3 is 0 Å². The number of hydrogen-bond donors (Lipinski definition) is 0. The van der Waals surface area contributed by atoms with E-state index in [1.807, 2.05) is 0 Å². The third kappa shape index (κ3) is 2.69. The monoisotopic (exact) mass is 208 g/mol. The van der Waals surface area contributed by atoms with Gasteiger partial charge in [-0.1, -0.05) is 37.0 Å². The maximum atomic E-state index is 2.38. The van der Waals surface area contributed by atoms with E-state index in [-0.39, 0.29) is 0 Å². The highest BCUT2D eigenvalue weighted by Gasteiger charge is 2.18. The van der Waals surface area contributed by atoms with Crippen LogP contribution in [-0.2, 0) is 0 Å². The van der Waals surface area contributed by atoms with E-state index in [4.69, 9.17) is 0 Å². The van der Waals surface area contributed by atoms with Crippen LogP contribution in [0.5, 0.6) is 0 Å². The molecule has 0 amide bonds. The van der Waals surface area contributed by atoms with Gasteiger partial charge in [0.15, 0.2) is 0 Å². The predicted octanol–water partition coefficient (Wildman–Crippen LogP) is 2.43. The van der Waals surface area contributed by atoms with Crippen molar-refractivity contribution < 1.29 is 0 Å². The minimum Gasteiger partial charge on any atom is -0.298 e. The highest BCUT2D eigenvalue weighted by Crippen LogP contribution is 2.15. The normalized spacial score (nSPS) is 13.0. The van der Waals surface area contributed by atoms with Crippen molar-refractivity contribution in [2.24, 2.45) is 0 Å². The maximum absolute atomic E-state index is 2.38. The zero-order chi connectivity index (χ0) is 11.0. The van der Waals surface area contributed by atoms with Gasteiger partial charge in [0.1, 0.15) is 5.69 Å². The van der Waals surface area contributed by atoms with Crippen LogP contribution >= 0.6 is 0 Å². The Labute approximate surface area is 89.0 Å². The molecule has 0 bridgehead atoms. The Kier molecular flexibility index (Phi) is 2.88. The molecule has 14 heavy (non-hydrogen) atoms. The SMILES string of the molecule is C[N+](C)(C)c1ccc([Si](C)(C)C)cc1. The van der Waals surface area contributed by atoms with E-state index in [1.54, 1.807) is 0 Å². The van der Waals surface area contributed by atoms with Crippen LogP contribution in [0.25, 0.3) is 0 Å². The molecule has 78 valence electrons. The summed E-state index contributed by atoms with van der Waals surface area (Å²) in [5.74, 6) is 0. The third-order valence-electron chi connectivity index (χ3n) is 2.51. The number of hydrogen-bond acceptors (Lipinski definition) is 0. The molecule has 0 aliphatic rings. The van der Waals surface area contributed by atoms with Gasteiger partial charge in [-0.3, -0.25) is 4.48 Å². The molecule has 0 unspecified atom stereocenters. The molecule has 0 atom stereocenters. The molecule has 2 heteroatoms. The van der Waals surface area contributed by atoms with Crippen LogP contribution in [0, 0.1) is 0 Å². The van der Waals surface area contributed by atoms with Crippen LogP contribution in [0.3, 0.4) is 0 Å². The summed E-state index contributed by atoms with van der Waals surface area (Å²) in [5.41, 5.74) is 1.37. The van der Waals surface area contributed by atoms with Crippen molar-refractivity contribution in [2.75, 3.05) is 21.1 Å². The second kappa shape index (κ2) is 3.52. The largest absolute Gasteiger partial charge is 0.298 e. The first-order chi connectivity index (χ1) is 6.21. The van der Waals surface area contributed by atoms with Crippen molar-refractivity contribution in [2.45, 2.75) is 19.6 Å². The molecule has 0 radical (unpaired) electrons. The first-order valence-corrected chi connectivity index (χ1v) is 8.64. The van der Waals surface area contributed by atoms with Gasteiger partial charge in [-0.2, -0.15) is 0 Å². The van der Waals surface area contributed by atoms with Crippen molar-refractivity contribution in [3.63, 3.8) is 0 Å². The van der Waals surface area contributed by atoms with Crippen molar-refractivity contribution >= 4 is 18.9 Å². The summed E-state index contributed by atoms with van der Waals surface area (Å²) in [6, 6.07) is 9.11. The Morgan fingerprint density at radius 3 is 1.57 bits per heavy atom. The molecule has 0 aliphatic carbocycles. The lowest BCUT2D eigenvalue weighted by atomic mass is 10.3. The van der Waals surface area contributed by atoms with Gasteiger partial charge in [-0.25, -0.2) is 0 Å². The van der Waals surface area contributed by atoms with E-state index in [9.17, 15) is 0 Å². The second-order valence-corrected chi connectivity index (χ2v) is 10.9. The highest BCUT2D eigenvalue weighted by atomic mass is 28.3. The van der Waals surface area contributed by atoms with Gasteiger partial charge < -0.3 is 0 Å². The molecule has 0 aromatic heterocycles. The maximum Gasteiger partial charge on any atom is 0.132 e. The lowest BCUT2D eigenvalue weighted by Crippen LogP contribution is -2.39. The summed E-state index contributed by atoms with van der Waals surface area (Å²) in [7, 11) is 5.47. The van der Waals surface area contributed by atoms with Crippen LogP contribution in [0.2, 0.25) is 19.6 Å². The van der Waals surface area contributed by atoms with E-state index in [1.165, 1.54) is 10.9 Å². The summed E-state index contributed by atoms with van der Waals surface area (Å²) < 4.78 is 0.895. The fourth-order valence-corrected chi connectivity index (χ4v) is 2.58. The number of benzene rings is 1. The smallest absolute Gasteiger partial charge is 0.132 e.